The van der Waals surface area contributed by atoms with Gasteiger partial charge in [0.1, 0.15) is 0 Å². The van der Waals surface area contributed by atoms with Crippen molar-refractivity contribution >= 4 is 0 Å². The Morgan fingerprint density at radius 3 is 2.25 bits per heavy atom. The van der Waals surface area contributed by atoms with Gasteiger partial charge >= 0.3 is 0 Å². The molecule has 1 rings (SSSR count). The minimum atomic E-state index is 1.37. The summed E-state index contributed by atoms with van der Waals surface area (Å²) < 4.78 is 0. The van der Waals surface area contributed by atoms with Crippen molar-refractivity contribution in [1.82, 2.24) is 0 Å². The van der Waals surface area contributed by atoms with Crippen LogP contribution in [0.5, 0.6) is 0 Å². The van der Waals surface area contributed by atoms with Crippen LogP contribution < -0.4 is 4.90 Å². The van der Waals surface area contributed by atoms with Gasteiger partial charge in [0.15, 0.2) is 0 Å². The second-order valence-electron chi connectivity index (χ2n) is 3.41. The molecule has 0 unspecified atom stereocenters. The molecule has 1 fully saturated rings. The molecule has 0 aromatic rings. The Bertz CT molecular complexity index is 104. The Hall–Kier alpha value is -0.550. The fourth-order valence-electron chi connectivity index (χ4n) is 1.75. The second kappa shape index (κ2) is 8.55. The lowest BCUT2D eigenvalue weighted by atomic mass is 10.2. The van der Waals surface area contributed by atoms with E-state index in [4.69, 9.17) is 11.8 Å². The number of likely N-dealkylation sites (tertiary alicyclic amines) is 1. The molecule has 1 saturated heterocycles. The molecule has 0 atom stereocenters. The molecular weight excluding hydrogens is 148 g/mol. The monoisotopic (exact) mass is 168 g/mol. The van der Waals surface area contributed by atoms with E-state index in [1.165, 1.54) is 51.7 Å². The van der Waals surface area contributed by atoms with Crippen molar-refractivity contribution in [1.29, 1.82) is 5.26 Å². The van der Waals surface area contributed by atoms with E-state index >= 15 is 0 Å². The van der Waals surface area contributed by atoms with Crippen molar-refractivity contribution in [3.63, 3.8) is 0 Å². The second-order valence-corrected chi connectivity index (χ2v) is 3.41. The molecule has 1 heterocycles. The molecule has 1 aliphatic heterocycles. The first-order valence-electron chi connectivity index (χ1n) is 4.99. The molecule has 0 saturated carbocycles. The van der Waals surface area contributed by atoms with Crippen LogP contribution in [0.3, 0.4) is 0 Å². The van der Waals surface area contributed by atoms with Crippen LogP contribution in [-0.4, -0.2) is 19.6 Å². The third-order valence-electron chi connectivity index (χ3n) is 2.44. The van der Waals surface area contributed by atoms with Crippen LogP contribution in [0, 0.1) is 11.8 Å². The molecule has 0 aromatic heterocycles. The van der Waals surface area contributed by atoms with Gasteiger partial charge < -0.3 is 16.7 Å². The summed E-state index contributed by atoms with van der Waals surface area (Å²) in [5.74, 6) is 0. The Morgan fingerprint density at radius 1 is 1.17 bits per heavy atom. The van der Waals surface area contributed by atoms with Crippen LogP contribution in [0.25, 0.3) is 0 Å². The molecule has 0 amide bonds. The zero-order valence-corrected chi connectivity index (χ0v) is 8.10. The van der Waals surface area contributed by atoms with Gasteiger partial charge in [-0.1, -0.05) is 13.3 Å². The van der Waals surface area contributed by atoms with Crippen LogP contribution in [0.4, 0.5) is 0 Å². The summed E-state index contributed by atoms with van der Waals surface area (Å²) >= 11 is 0. The van der Waals surface area contributed by atoms with Crippen LogP contribution in [-0.2, 0) is 0 Å². The van der Waals surface area contributed by atoms with Crippen molar-refractivity contribution in [3.8, 4) is 0 Å². The Morgan fingerprint density at radius 2 is 1.75 bits per heavy atom. The molecule has 0 radical (unpaired) electrons. The molecule has 2 heteroatoms. The van der Waals surface area contributed by atoms with E-state index in [0.717, 1.165) is 0 Å². The quantitative estimate of drug-likeness (QED) is 0.491. The third kappa shape index (κ3) is 5.15. The van der Waals surface area contributed by atoms with Crippen LogP contribution in [0.2, 0.25) is 0 Å². The van der Waals surface area contributed by atoms with Crippen molar-refractivity contribution in [2.45, 2.75) is 39.0 Å². The molecule has 0 aliphatic carbocycles. The summed E-state index contributed by atoms with van der Waals surface area (Å²) in [6.45, 7) is 11.4. The minimum absolute atomic E-state index is 1.37. The fourth-order valence-corrected chi connectivity index (χ4v) is 1.75. The van der Waals surface area contributed by atoms with E-state index < -0.39 is 0 Å². The summed E-state index contributed by atoms with van der Waals surface area (Å²) in [5, 5.41) is 6.25. The minimum Gasteiger partial charge on any atom is -0.512 e. The van der Waals surface area contributed by atoms with Crippen LogP contribution in [0.15, 0.2) is 0 Å². The molecule has 0 spiro atoms. The zero-order valence-electron chi connectivity index (χ0n) is 8.10. The van der Waals surface area contributed by atoms with Crippen molar-refractivity contribution < 1.29 is 4.90 Å². The van der Waals surface area contributed by atoms with Gasteiger partial charge in [0.05, 0.1) is 19.6 Å². The van der Waals surface area contributed by atoms with Gasteiger partial charge in [0.2, 0.25) is 0 Å². The molecule has 70 valence electrons. The summed E-state index contributed by atoms with van der Waals surface area (Å²) in [4.78, 5) is 1.86. The van der Waals surface area contributed by atoms with E-state index in [1.54, 1.807) is 0 Å². The van der Waals surface area contributed by atoms with E-state index in [-0.39, 0.29) is 0 Å². The van der Waals surface area contributed by atoms with Gasteiger partial charge in [0.25, 0.3) is 0 Å². The number of unbranched alkanes of at least 4 members (excludes halogenated alkanes) is 2. The van der Waals surface area contributed by atoms with Crippen LogP contribution >= 0.6 is 0 Å². The maximum Gasteiger partial charge on any atom is 0.0773 e. The highest BCUT2D eigenvalue weighted by molar-refractivity contribution is 4.45. The third-order valence-corrected chi connectivity index (χ3v) is 2.44. The predicted molar refractivity (Wildman–Crippen MR) is 49.3 cm³/mol. The maximum absolute atomic E-state index is 6.25. The maximum atomic E-state index is 6.25. The molecule has 0 aromatic carbocycles. The lowest BCUT2D eigenvalue weighted by Gasteiger charge is -2.10. The fraction of sp³-hybridized carbons (Fsp3) is 0.900. The van der Waals surface area contributed by atoms with Crippen molar-refractivity contribution in [2.75, 3.05) is 19.6 Å². The topological polar surface area (TPSA) is 28.2 Å². The van der Waals surface area contributed by atoms with E-state index in [9.17, 15) is 0 Å². The molecule has 0 bridgehead atoms. The largest absolute Gasteiger partial charge is 0.512 e. The van der Waals surface area contributed by atoms with Gasteiger partial charge in [-0.25, -0.2) is 0 Å². The normalized spacial score (nSPS) is 16.9. The Labute approximate surface area is 76.2 Å². The smallest absolute Gasteiger partial charge is 0.0773 e. The summed E-state index contributed by atoms with van der Waals surface area (Å²) in [6.07, 6.45) is 7.20. The summed E-state index contributed by atoms with van der Waals surface area (Å²) in [7, 11) is 0. The molecule has 1 N–H and O–H groups in total. The predicted octanol–water partition coefficient (Wildman–Crippen LogP) is 0.952. The first kappa shape index (κ1) is 11.4. The van der Waals surface area contributed by atoms with E-state index in [1.807, 2.05) is 4.90 Å². The highest BCUT2D eigenvalue weighted by Crippen LogP contribution is 1.92. The first-order valence-corrected chi connectivity index (χ1v) is 4.99. The molecule has 12 heavy (non-hydrogen) atoms. The van der Waals surface area contributed by atoms with Gasteiger partial charge in [0, 0.05) is 12.8 Å². The SMILES string of the molecule is CCCCC[NH+]1CCCC1.[C-]#N. The number of hydrogen-bond acceptors (Lipinski definition) is 1. The summed E-state index contributed by atoms with van der Waals surface area (Å²) in [6, 6.07) is 0. The van der Waals surface area contributed by atoms with Gasteiger partial charge in [-0.3, -0.25) is 0 Å². The van der Waals surface area contributed by atoms with Gasteiger partial charge in [-0.05, 0) is 12.8 Å². The molecule has 2 nitrogen and oxygen atoms in total. The number of nitrogens with zero attached hydrogens (tertiary/aromatic N) is 1. The standard InChI is InChI=1S/C9H19N.CN/c1-2-3-4-7-10-8-5-6-9-10;1-2/h2-9H2,1H3;/q;-1/p+1. The first-order chi connectivity index (χ1) is 5.93. The van der Waals surface area contributed by atoms with Gasteiger partial charge in [-0.2, -0.15) is 0 Å². The lowest BCUT2D eigenvalue weighted by Crippen LogP contribution is -3.09. The van der Waals surface area contributed by atoms with E-state index in [0.29, 0.717) is 0 Å². The highest BCUT2D eigenvalue weighted by Gasteiger charge is 2.13. The van der Waals surface area contributed by atoms with E-state index in [2.05, 4.69) is 6.92 Å². The van der Waals surface area contributed by atoms with Gasteiger partial charge in [-0.15, -0.1) is 0 Å². The molecular formula is C10H20N2. The van der Waals surface area contributed by atoms with Crippen molar-refractivity contribution in [2.24, 2.45) is 0 Å². The zero-order chi connectivity index (χ0) is 9.23. The molecule has 1 aliphatic rings. The Kier molecular flexibility index (Phi) is 8.15. The average Bonchev–Trinajstić information content (AvgIpc) is 2.61. The Balaban J connectivity index is 0.000000561. The highest BCUT2D eigenvalue weighted by atomic mass is 15.1. The summed E-state index contributed by atoms with van der Waals surface area (Å²) in [5.41, 5.74) is 0. The number of hydrogen-bond donors (Lipinski definition) is 1. The van der Waals surface area contributed by atoms with Crippen LogP contribution in [0.1, 0.15) is 39.0 Å². The average molecular weight is 168 g/mol. The lowest BCUT2D eigenvalue weighted by molar-refractivity contribution is -0.887. The van der Waals surface area contributed by atoms with Crippen molar-refractivity contribution in [3.05, 3.63) is 6.57 Å². The number of quaternary nitrogens is 1. The number of nitrogens with one attached hydrogen (secondary N) is 1. The number of rotatable bonds is 4.